The van der Waals surface area contributed by atoms with Gasteiger partial charge in [0.25, 0.3) is 0 Å². The Hall–Kier alpha value is -1.77. The van der Waals surface area contributed by atoms with E-state index in [2.05, 4.69) is 10.2 Å². The van der Waals surface area contributed by atoms with Crippen LogP contribution >= 0.6 is 11.6 Å². The first-order valence-corrected chi connectivity index (χ1v) is 5.34. The molecule has 20 heavy (non-hydrogen) atoms. The van der Waals surface area contributed by atoms with Gasteiger partial charge in [0.15, 0.2) is 0 Å². The zero-order chi connectivity index (χ0) is 15.1. The maximum absolute atomic E-state index is 12.7. The number of hydrogen-bond acceptors (Lipinski definition) is 2. The van der Waals surface area contributed by atoms with Crippen molar-refractivity contribution >= 4 is 11.6 Å². The Labute approximate surface area is 112 Å². The van der Waals surface area contributed by atoms with E-state index in [-0.39, 0.29) is 15.3 Å². The second-order valence-corrected chi connectivity index (χ2v) is 4.09. The van der Waals surface area contributed by atoms with Crippen LogP contribution < -0.4 is 0 Å². The lowest BCUT2D eigenvalue weighted by molar-refractivity contribution is -0.153. The number of benzene rings is 1. The van der Waals surface area contributed by atoms with Gasteiger partial charge in [-0.25, -0.2) is 0 Å². The van der Waals surface area contributed by atoms with Crippen molar-refractivity contribution in [3.8, 4) is 5.69 Å². The molecule has 0 saturated carbocycles. The number of aromatic nitrogens is 3. The zero-order valence-corrected chi connectivity index (χ0v) is 10.1. The zero-order valence-electron chi connectivity index (χ0n) is 9.30. The van der Waals surface area contributed by atoms with Gasteiger partial charge in [-0.2, -0.15) is 26.3 Å². The van der Waals surface area contributed by atoms with Gasteiger partial charge in [0.05, 0.1) is 0 Å². The van der Waals surface area contributed by atoms with Crippen LogP contribution in [-0.2, 0) is 12.4 Å². The molecule has 1 heterocycles. The van der Waals surface area contributed by atoms with E-state index in [1.54, 1.807) is 0 Å². The van der Waals surface area contributed by atoms with Crippen LogP contribution in [0.3, 0.4) is 0 Å². The molecule has 0 fully saturated rings. The van der Waals surface area contributed by atoms with Gasteiger partial charge in [-0.05, 0) is 24.3 Å². The van der Waals surface area contributed by atoms with E-state index in [4.69, 9.17) is 11.6 Å². The molecule has 0 amide bonds. The lowest BCUT2D eigenvalue weighted by atomic mass is 10.3. The summed E-state index contributed by atoms with van der Waals surface area (Å²) in [6, 6.07) is 4.35. The summed E-state index contributed by atoms with van der Waals surface area (Å²) in [6.45, 7) is 0. The quantitative estimate of drug-likeness (QED) is 0.746. The molecular formula is C10H4ClF6N3. The Bertz CT molecular complexity index is 582. The third-order valence-corrected chi connectivity index (χ3v) is 2.51. The second kappa shape index (κ2) is 4.65. The highest BCUT2D eigenvalue weighted by Crippen LogP contribution is 2.36. The van der Waals surface area contributed by atoms with Crippen LogP contribution in [0.1, 0.15) is 11.6 Å². The molecule has 2 rings (SSSR count). The minimum atomic E-state index is -5.07. The van der Waals surface area contributed by atoms with Gasteiger partial charge in [-0.1, -0.05) is 11.6 Å². The van der Waals surface area contributed by atoms with Crippen LogP contribution in [0, 0.1) is 0 Å². The van der Waals surface area contributed by atoms with E-state index in [0.29, 0.717) is 0 Å². The molecule has 0 radical (unpaired) electrons. The fraction of sp³-hybridized carbons (Fsp3) is 0.200. The van der Waals surface area contributed by atoms with Gasteiger partial charge < -0.3 is 0 Å². The van der Waals surface area contributed by atoms with E-state index in [1.165, 1.54) is 0 Å². The number of alkyl halides is 6. The summed E-state index contributed by atoms with van der Waals surface area (Å²) >= 11 is 5.55. The molecule has 0 bridgehead atoms. The first kappa shape index (κ1) is 14.6. The fourth-order valence-electron chi connectivity index (χ4n) is 1.49. The van der Waals surface area contributed by atoms with Crippen molar-refractivity contribution in [1.82, 2.24) is 14.8 Å². The SMILES string of the molecule is FC(F)(F)c1nnc(C(F)(F)F)n1-c1ccc(Cl)cc1. The maximum Gasteiger partial charge on any atom is 0.452 e. The Kier molecular flexibility index (Phi) is 3.41. The average Bonchev–Trinajstić information content (AvgIpc) is 2.73. The largest absolute Gasteiger partial charge is 0.452 e. The Balaban J connectivity index is 2.70. The Morgan fingerprint density at radius 3 is 1.55 bits per heavy atom. The molecular weight excluding hydrogens is 312 g/mol. The topological polar surface area (TPSA) is 30.7 Å². The summed E-state index contributed by atoms with van der Waals surface area (Å²) in [5.41, 5.74) is -0.390. The van der Waals surface area contributed by atoms with Gasteiger partial charge >= 0.3 is 12.4 Å². The summed E-state index contributed by atoms with van der Waals surface area (Å²) in [5, 5.41) is 5.35. The molecule has 0 saturated heterocycles. The first-order valence-electron chi connectivity index (χ1n) is 4.96. The van der Waals surface area contributed by atoms with Crippen molar-refractivity contribution in [2.24, 2.45) is 0 Å². The van der Waals surface area contributed by atoms with Crippen molar-refractivity contribution < 1.29 is 26.3 Å². The molecule has 10 heteroatoms. The predicted octanol–water partition coefficient (Wildman–Crippen LogP) is 3.96. The van der Waals surface area contributed by atoms with Gasteiger partial charge in [0.2, 0.25) is 11.6 Å². The van der Waals surface area contributed by atoms with Gasteiger partial charge in [0.1, 0.15) is 0 Å². The molecule has 0 N–H and O–H groups in total. The van der Waals surface area contributed by atoms with Crippen LogP contribution in [-0.4, -0.2) is 14.8 Å². The molecule has 1 aromatic carbocycles. The monoisotopic (exact) mass is 315 g/mol. The minimum Gasteiger partial charge on any atom is -0.268 e. The van der Waals surface area contributed by atoms with Gasteiger partial charge in [-0.3, -0.25) is 4.57 Å². The number of nitrogens with zero attached hydrogens (tertiary/aromatic N) is 3. The lowest BCUT2D eigenvalue weighted by Gasteiger charge is -2.13. The van der Waals surface area contributed by atoms with Gasteiger partial charge in [0, 0.05) is 10.7 Å². The van der Waals surface area contributed by atoms with Crippen molar-refractivity contribution in [1.29, 1.82) is 0 Å². The van der Waals surface area contributed by atoms with Crippen LogP contribution in [0.5, 0.6) is 0 Å². The molecule has 0 aliphatic heterocycles. The first-order chi connectivity index (χ1) is 9.10. The number of halogens is 7. The Morgan fingerprint density at radius 2 is 1.20 bits per heavy atom. The highest BCUT2D eigenvalue weighted by Gasteiger charge is 2.45. The second-order valence-electron chi connectivity index (χ2n) is 3.65. The van der Waals surface area contributed by atoms with E-state index < -0.39 is 24.0 Å². The lowest BCUT2D eigenvalue weighted by Crippen LogP contribution is -2.19. The minimum absolute atomic E-state index is 0.101. The van der Waals surface area contributed by atoms with Gasteiger partial charge in [-0.15, -0.1) is 10.2 Å². The number of hydrogen-bond donors (Lipinski definition) is 0. The summed E-state index contributed by atoms with van der Waals surface area (Å²) < 4.78 is 76.1. The highest BCUT2D eigenvalue weighted by molar-refractivity contribution is 6.30. The van der Waals surface area contributed by atoms with E-state index in [1.807, 2.05) is 0 Å². The predicted molar refractivity (Wildman–Crippen MR) is 56.4 cm³/mol. The van der Waals surface area contributed by atoms with E-state index >= 15 is 0 Å². The molecule has 2 aromatic rings. The van der Waals surface area contributed by atoms with Crippen LogP contribution in [0.15, 0.2) is 24.3 Å². The molecule has 1 aromatic heterocycles. The van der Waals surface area contributed by atoms with Crippen molar-refractivity contribution in [2.75, 3.05) is 0 Å². The van der Waals surface area contributed by atoms with Crippen molar-refractivity contribution in [3.05, 3.63) is 40.9 Å². The maximum atomic E-state index is 12.7. The summed E-state index contributed by atoms with van der Waals surface area (Å²) in [6.07, 6.45) is -10.1. The third kappa shape index (κ3) is 2.72. The third-order valence-electron chi connectivity index (χ3n) is 2.25. The van der Waals surface area contributed by atoms with E-state index in [9.17, 15) is 26.3 Å². The summed E-state index contributed by atoms with van der Waals surface area (Å²) in [4.78, 5) is 0. The van der Waals surface area contributed by atoms with Crippen LogP contribution in [0.4, 0.5) is 26.3 Å². The molecule has 108 valence electrons. The van der Waals surface area contributed by atoms with Crippen LogP contribution in [0.25, 0.3) is 5.69 Å². The number of rotatable bonds is 1. The molecule has 3 nitrogen and oxygen atoms in total. The standard InChI is InChI=1S/C10H4ClF6N3/c11-5-1-3-6(4-2-5)20-7(9(12,13)14)18-19-8(20)10(15,16)17/h1-4H. The smallest absolute Gasteiger partial charge is 0.268 e. The van der Waals surface area contributed by atoms with Crippen molar-refractivity contribution in [3.63, 3.8) is 0 Å². The summed E-state index contributed by atoms with van der Waals surface area (Å²) in [7, 11) is 0. The average molecular weight is 316 g/mol. The van der Waals surface area contributed by atoms with Crippen molar-refractivity contribution in [2.45, 2.75) is 12.4 Å². The fourth-order valence-corrected chi connectivity index (χ4v) is 1.61. The Morgan fingerprint density at radius 1 is 0.800 bits per heavy atom. The molecule has 0 aliphatic carbocycles. The normalized spacial score (nSPS) is 12.8. The molecule has 0 spiro atoms. The molecule has 0 aliphatic rings. The summed E-state index contributed by atoms with van der Waals surface area (Å²) in [5.74, 6) is -3.51. The molecule has 0 unspecified atom stereocenters. The van der Waals surface area contributed by atoms with E-state index in [0.717, 1.165) is 24.3 Å². The highest BCUT2D eigenvalue weighted by atomic mass is 35.5. The molecule has 0 atom stereocenters. The van der Waals surface area contributed by atoms with Crippen LogP contribution in [0.2, 0.25) is 5.02 Å².